The van der Waals surface area contributed by atoms with E-state index in [4.69, 9.17) is 9.97 Å². The molecule has 0 spiro atoms. The van der Waals surface area contributed by atoms with E-state index in [0.29, 0.717) is 0 Å². The van der Waals surface area contributed by atoms with Crippen molar-refractivity contribution in [3.8, 4) is 39.1 Å². The zero-order valence-corrected chi connectivity index (χ0v) is 26.8. The molecular formula is C45H31N3. The molecule has 0 atom stereocenters. The van der Waals surface area contributed by atoms with Gasteiger partial charge >= 0.3 is 0 Å². The second-order valence-corrected chi connectivity index (χ2v) is 13.4. The van der Waals surface area contributed by atoms with Gasteiger partial charge in [0.15, 0.2) is 0 Å². The number of benzene rings is 7. The summed E-state index contributed by atoms with van der Waals surface area (Å²) in [6.07, 6.45) is 3.64. The predicted molar refractivity (Wildman–Crippen MR) is 200 cm³/mol. The molecule has 226 valence electrons. The quantitative estimate of drug-likeness (QED) is 0.198. The van der Waals surface area contributed by atoms with Crippen LogP contribution in [0.1, 0.15) is 25.0 Å². The first kappa shape index (κ1) is 27.1. The molecule has 0 aliphatic heterocycles. The summed E-state index contributed by atoms with van der Waals surface area (Å²) in [6, 6.07) is 50.8. The summed E-state index contributed by atoms with van der Waals surface area (Å²) in [6.45, 7) is 4.66. The molecule has 0 amide bonds. The van der Waals surface area contributed by atoms with Crippen LogP contribution in [-0.2, 0) is 5.41 Å². The summed E-state index contributed by atoms with van der Waals surface area (Å²) < 4.78 is 2.39. The van der Waals surface area contributed by atoms with Gasteiger partial charge in [0.1, 0.15) is 5.52 Å². The molecule has 1 aliphatic rings. The fraction of sp³-hybridized carbons (Fsp3) is 0.0667. The molecule has 0 radical (unpaired) electrons. The molecule has 0 N–H and O–H groups in total. The maximum absolute atomic E-state index is 5.05. The van der Waals surface area contributed by atoms with Crippen LogP contribution in [0.15, 0.2) is 152 Å². The highest BCUT2D eigenvalue weighted by molar-refractivity contribution is 6.15. The van der Waals surface area contributed by atoms with Gasteiger partial charge in [0.05, 0.1) is 22.2 Å². The van der Waals surface area contributed by atoms with Gasteiger partial charge in [0.2, 0.25) is 0 Å². The van der Waals surface area contributed by atoms with Crippen molar-refractivity contribution in [2.45, 2.75) is 19.3 Å². The van der Waals surface area contributed by atoms with E-state index in [0.717, 1.165) is 33.3 Å². The summed E-state index contributed by atoms with van der Waals surface area (Å²) in [5, 5.41) is 4.89. The Labute approximate surface area is 278 Å². The van der Waals surface area contributed by atoms with Gasteiger partial charge in [-0.25, -0.2) is 0 Å². The number of fused-ring (bicyclic) bond motifs is 8. The Bertz CT molecular complexity index is 2750. The van der Waals surface area contributed by atoms with E-state index in [9.17, 15) is 0 Å². The van der Waals surface area contributed by atoms with E-state index in [-0.39, 0.29) is 5.41 Å². The van der Waals surface area contributed by atoms with Gasteiger partial charge in [0.25, 0.3) is 0 Å². The predicted octanol–water partition coefficient (Wildman–Crippen LogP) is 11.5. The van der Waals surface area contributed by atoms with Gasteiger partial charge < -0.3 is 4.57 Å². The lowest BCUT2D eigenvalue weighted by Gasteiger charge is -2.21. The molecule has 0 unspecified atom stereocenters. The van der Waals surface area contributed by atoms with Crippen molar-refractivity contribution in [2.75, 3.05) is 0 Å². The van der Waals surface area contributed by atoms with Gasteiger partial charge in [-0.15, -0.1) is 0 Å². The lowest BCUT2D eigenvalue weighted by Crippen LogP contribution is -2.14. The molecule has 7 aromatic carbocycles. The van der Waals surface area contributed by atoms with E-state index in [1.54, 1.807) is 0 Å². The number of aromatic nitrogens is 3. The van der Waals surface area contributed by atoms with Crippen LogP contribution in [0.3, 0.4) is 0 Å². The summed E-state index contributed by atoms with van der Waals surface area (Å²) in [5.74, 6) is 0. The van der Waals surface area contributed by atoms with Crippen molar-refractivity contribution in [1.82, 2.24) is 14.5 Å². The van der Waals surface area contributed by atoms with Crippen LogP contribution in [0.4, 0.5) is 0 Å². The zero-order valence-electron chi connectivity index (χ0n) is 26.8. The maximum Gasteiger partial charge on any atom is 0.113 e. The molecule has 1 aliphatic carbocycles. The van der Waals surface area contributed by atoms with Gasteiger partial charge in [-0.3, -0.25) is 9.97 Å². The Balaban J connectivity index is 1.26. The topological polar surface area (TPSA) is 30.7 Å². The molecule has 9 aromatic rings. The molecule has 3 heteroatoms. The largest absolute Gasteiger partial charge is 0.307 e. The lowest BCUT2D eigenvalue weighted by molar-refractivity contribution is 0.660. The molecular weight excluding hydrogens is 583 g/mol. The highest BCUT2D eigenvalue weighted by atomic mass is 15.0. The molecule has 0 saturated heterocycles. The maximum atomic E-state index is 5.05. The minimum absolute atomic E-state index is 0.0757. The average molecular weight is 614 g/mol. The van der Waals surface area contributed by atoms with E-state index < -0.39 is 0 Å². The van der Waals surface area contributed by atoms with Crippen LogP contribution in [0, 0.1) is 0 Å². The second-order valence-electron chi connectivity index (χ2n) is 13.4. The molecule has 3 nitrogen and oxygen atoms in total. The van der Waals surface area contributed by atoms with Crippen molar-refractivity contribution in [3.05, 3.63) is 163 Å². The first-order chi connectivity index (χ1) is 23.6. The SMILES string of the molecule is CC1(C)c2ccccc2-c2c(-c3ccc(-n4c5ccc(-c6ccccc6)cc5c5cc6ccccc6cc54)c4nccnc34)cccc21. The minimum atomic E-state index is -0.0757. The number of nitrogens with zero attached hydrogens (tertiary/aromatic N) is 3. The van der Waals surface area contributed by atoms with Crippen LogP contribution in [0.5, 0.6) is 0 Å². The molecule has 0 bridgehead atoms. The third-order valence-electron chi connectivity index (χ3n) is 10.5. The fourth-order valence-electron chi connectivity index (χ4n) is 8.19. The van der Waals surface area contributed by atoms with Crippen molar-refractivity contribution >= 4 is 43.6 Å². The van der Waals surface area contributed by atoms with Crippen molar-refractivity contribution < 1.29 is 0 Å². The van der Waals surface area contributed by atoms with E-state index >= 15 is 0 Å². The highest BCUT2D eigenvalue weighted by Gasteiger charge is 2.36. The number of rotatable bonds is 3. The van der Waals surface area contributed by atoms with E-state index in [2.05, 4.69) is 158 Å². The third-order valence-corrected chi connectivity index (χ3v) is 10.5. The smallest absolute Gasteiger partial charge is 0.113 e. The first-order valence-electron chi connectivity index (χ1n) is 16.6. The Morgan fingerprint density at radius 2 is 1.17 bits per heavy atom. The van der Waals surface area contributed by atoms with Gasteiger partial charge in [0, 0.05) is 34.1 Å². The molecule has 2 aromatic heterocycles. The van der Waals surface area contributed by atoms with Crippen LogP contribution < -0.4 is 0 Å². The highest BCUT2D eigenvalue weighted by Crippen LogP contribution is 2.52. The Hall–Kier alpha value is -6.06. The van der Waals surface area contributed by atoms with Crippen molar-refractivity contribution in [3.63, 3.8) is 0 Å². The minimum Gasteiger partial charge on any atom is -0.307 e. The standard InChI is InChI=1S/C45H31N3/c1-45(2)37-17-9-8-15-34(37)42-32(16-10-18-38(42)45)33-20-22-40(44-43(33)46-23-24-47-44)48-39-21-19-31(28-11-4-3-5-12-28)26-35(39)36-25-29-13-6-7-14-30(29)27-41(36)48/h3-27H,1-2H3. The monoisotopic (exact) mass is 613 g/mol. The number of hydrogen-bond acceptors (Lipinski definition) is 2. The average Bonchev–Trinajstić information content (AvgIpc) is 3.58. The van der Waals surface area contributed by atoms with Crippen molar-refractivity contribution in [2.24, 2.45) is 0 Å². The zero-order chi connectivity index (χ0) is 32.0. The molecule has 0 saturated carbocycles. The Kier molecular flexibility index (Phi) is 5.63. The molecule has 10 rings (SSSR count). The van der Waals surface area contributed by atoms with Crippen molar-refractivity contribution in [1.29, 1.82) is 0 Å². The van der Waals surface area contributed by atoms with E-state index in [1.165, 1.54) is 60.5 Å². The third kappa shape index (κ3) is 3.76. The van der Waals surface area contributed by atoms with Gasteiger partial charge in [-0.2, -0.15) is 0 Å². The van der Waals surface area contributed by atoms with E-state index in [1.807, 2.05) is 12.4 Å². The van der Waals surface area contributed by atoms with Crippen LogP contribution in [-0.4, -0.2) is 14.5 Å². The molecule has 0 fully saturated rings. The van der Waals surface area contributed by atoms with Gasteiger partial charge in [-0.05, 0) is 86.1 Å². The molecule has 48 heavy (non-hydrogen) atoms. The van der Waals surface area contributed by atoms with Gasteiger partial charge in [-0.1, -0.05) is 117 Å². The summed E-state index contributed by atoms with van der Waals surface area (Å²) in [5.41, 5.74) is 15.1. The lowest BCUT2D eigenvalue weighted by atomic mass is 9.82. The van der Waals surface area contributed by atoms with Crippen LogP contribution in [0.25, 0.3) is 82.7 Å². The first-order valence-corrected chi connectivity index (χ1v) is 16.6. The normalized spacial score (nSPS) is 13.4. The Morgan fingerprint density at radius 1 is 0.479 bits per heavy atom. The second kappa shape index (κ2) is 9.97. The number of hydrogen-bond donors (Lipinski definition) is 0. The molecule has 2 heterocycles. The van der Waals surface area contributed by atoms with Crippen LogP contribution >= 0.6 is 0 Å². The summed E-state index contributed by atoms with van der Waals surface area (Å²) in [7, 11) is 0. The summed E-state index contributed by atoms with van der Waals surface area (Å²) >= 11 is 0. The fourth-order valence-corrected chi connectivity index (χ4v) is 8.19. The van der Waals surface area contributed by atoms with Crippen LogP contribution in [0.2, 0.25) is 0 Å². The summed E-state index contributed by atoms with van der Waals surface area (Å²) in [4.78, 5) is 10.1. The Morgan fingerprint density at radius 3 is 2.02 bits per heavy atom.